The fourth-order valence-corrected chi connectivity index (χ4v) is 4.70. The number of anilines is 3. The number of halogens is 2. The molecule has 1 N–H and O–H groups in total. The van der Waals surface area contributed by atoms with Gasteiger partial charge in [0.05, 0.1) is 11.9 Å². The van der Waals surface area contributed by atoms with Gasteiger partial charge >= 0.3 is 0 Å². The molecule has 0 radical (unpaired) electrons. The van der Waals surface area contributed by atoms with Gasteiger partial charge in [0.25, 0.3) is 0 Å². The molecular formula is C19H23F2N7O. The van der Waals surface area contributed by atoms with E-state index in [1.54, 1.807) is 17.1 Å². The van der Waals surface area contributed by atoms with Gasteiger partial charge in [0.15, 0.2) is 0 Å². The van der Waals surface area contributed by atoms with Gasteiger partial charge in [0.1, 0.15) is 5.82 Å². The minimum absolute atomic E-state index is 0.0557. The van der Waals surface area contributed by atoms with E-state index >= 15 is 0 Å². The molecular weight excluding hydrogens is 380 g/mol. The zero-order chi connectivity index (χ0) is 20.2. The molecule has 0 spiro atoms. The van der Waals surface area contributed by atoms with Gasteiger partial charge in [0.2, 0.25) is 17.8 Å². The molecule has 3 fully saturated rings. The van der Waals surface area contributed by atoms with Crippen LogP contribution in [0.4, 0.5) is 26.2 Å². The summed E-state index contributed by atoms with van der Waals surface area (Å²) in [6.45, 7) is 1.32. The Balaban J connectivity index is 1.27. The van der Waals surface area contributed by atoms with E-state index in [9.17, 15) is 13.6 Å². The smallest absolute Gasteiger partial charge is 0.249 e. The Bertz CT molecular complexity index is 911. The minimum Gasteiger partial charge on any atom is -0.352 e. The van der Waals surface area contributed by atoms with Crippen molar-refractivity contribution in [3.05, 3.63) is 24.7 Å². The molecule has 0 aromatic carbocycles. The Morgan fingerprint density at radius 3 is 2.59 bits per heavy atom. The second-order valence-electron chi connectivity index (χ2n) is 8.26. The lowest BCUT2D eigenvalue weighted by molar-refractivity contribution is -0.162. The van der Waals surface area contributed by atoms with Crippen molar-refractivity contribution in [3.8, 4) is 0 Å². The first-order valence-corrected chi connectivity index (χ1v) is 9.92. The van der Waals surface area contributed by atoms with Crippen molar-refractivity contribution >= 4 is 23.4 Å². The number of carbonyl (C=O) groups is 1. The SMILES string of the molecule is Cn1cc(Nc2nccc(N3CC4CCC(C3)N4C(=O)C3CC(F)(F)C3)n2)cn1. The molecule has 8 nitrogen and oxygen atoms in total. The molecule has 1 saturated carbocycles. The fraction of sp³-hybridized carbons (Fsp3) is 0.579. The third-order valence-corrected chi connectivity index (χ3v) is 6.10. The fourth-order valence-electron chi connectivity index (χ4n) is 4.70. The number of aryl methyl sites for hydroxylation is 1. The molecule has 2 atom stereocenters. The number of hydrogen-bond donors (Lipinski definition) is 1. The van der Waals surface area contributed by atoms with Crippen LogP contribution in [-0.2, 0) is 11.8 Å². The van der Waals surface area contributed by atoms with Crippen LogP contribution in [0, 0.1) is 5.92 Å². The van der Waals surface area contributed by atoms with E-state index in [4.69, 9.17) is 0 Å². The minimum atomic E-state index is -2.67. The monoisotopic (exact) mass is 403 g/mol. The maximum Gasteiger partial charge on any atom is 0.249 e. The van der Waals surface area contributed by atoms with Crippen molar-refractivity contribution in [3.63, 3.8) is 0 Å². The number of fused-ring (bicyclic) bond motifs is 2. The van der Waals surface area contributed by atoms with Crippen molar-refractivity contribution < 1.29 is 13.6 Å². The lowest BCUT2D eigenvalue weighted by atomic mass is 9.80. The van der Waals surface area contributed by atoms with Gasteiger partial charge < -0.3 is 15.1 Å². The first-order valence-electron chi connectivity index (χ1n) is 9.92. The number of nitrogens with zero attached hydrogens (tertiary/aromatic N) is 6. The van der Waals surface area contributed by atoms with Crippen LogP contribution in [0.3, 0.4) is 0 Å². The van der Waals surface area contributed by atoms with Crippen LogP contribution in [-0.4, -0.2) is 61.7 Å². The van der Waals surface area contributed by atoms with Crippen LogP contribution in [0.15, 0.2) is 24.7 Å². The van der Waals surface area contributed by atoms with Gasteiger partial charge in [0, 0.05) is 63.4 Å². The highest BCUT2D eigenvalue weighted by Gasteiger charge is 2.53. The van der Waals surface area contributed by atoms with Crippen LogP contribution in [0.1, 0.15) is 25.7 Å². The molecule has 10 heteroatoms. The highest BCUT2D eigenvalue weighted by atomic mass is 19.3. The number of hydrogen-bond acceptors (Lipinski definition) is 6. The van der Waals surface area contributed by atoms with Crippen molar-refractivity contribution in [1.82, 2.24) is 24.6 Å². The molecule has 2 saturated heterocycles. The van der Waals surface area contributed by atoms with Crippen molar-refractivity contribution in [1.29, 1.82) is 0 Å². The Kier molecular flexibility index (Phi) is 4.18. The van der Waals surface area contributed by atoms with E-state index in [1.807, 2.05) is 24.2 Å². The summed E-state index contributed by atoms with van der Waals surface area (Å²) in [5.41, 5.74) is 0.803. The maximum atomic E-state index is 13.2. The second-order valence-corrected chi connectivity index (χ2v) is 8.26. The summed E-state index contributed by atoms with van der Waals surface area (Å²) in [5, 5.41) is 7.26. The van der Waals surface area contributed by atoms with E-state index in [0.717, 1.165) is 24.3 Å². The zero-order valence-electron chi connectivity index (χ0n) is 16.1. The van der Waals surface area contributed by atoms with Crippen molar-refractivity contribution in [2.24, 2.45) is 13.0 Å². The molecule has 29 heavy (non-hydrogen) atoms. The molecule has 1 amide bonds. The summed E-state index contributed by atoms with van der Waals surface area (Å²) in [4.78, 5) is 25.7. The number of aromatic nitrogens is 4. The maximum absolute atomic E-state index is 13.2. The number of alkyl halides is 2. The van der Waals surface area contributed by atoms with Gasteiger partial charge in [-0.15, -0.1) is 0 Å². The first kappa shape index (κ1) is 18.3. The Morgan fingerprint density at radius 2 is 1.97 bits per heavy atom. The lowest BCUT2D eigenvalue weighted by Gasteiger charge is -2.45. The normalized spacial score (nSPS) is 25.8. The summed E-state index contributed by atoms with van der Waals surface area (Å²) in [6, 6.07) is 1.97. The number of nitrogens with one attached hydrogen (secondary N) is 1. The second kappa shape index (κ2) is 6.64. The first-order chi connectivity index (χ1) is 13.9. The van der Waals surface area contributed by atoms with Crippen LogP contribution in [0.2, 0.25) is 0 Å². The Labute approximate surface area is 166 Å². The predicted octanol–water partition coefficient (Wildman–Crippen LogP) is 2.18. The number of rotatable bonds is 4. The van der Waals surface area contributed by atoms with E-state index in [1.165, 1.54) is 0 Å². The van der Waals surface area contributed by atoms with E-state index in [0.29, 0.717) is 19.0 Å². The molecule has 2 aromatic rings. The average Bonchev–Trinajstić information content (AvgIpc) is 3.18. The van der Waals surface area contributed by atoms with Crippen LogP contribution < -0.4 is 10.2 Å². The highest BCUT2D eigenvalue weighted by molar-refractivity contribution is 5.81. The molecule has 4 heterocycles. The van der Waals surface area contributed by atoms with Gasteiger partial charge in [-0.05, 0) is 18.9 Å². The average molecular weight is 403 g/mol. The quantitative estimate of drug-likeness (QED) is 0.843. The van der Waals surface area contributed by atoms with E-state index in [2.05, 4.69) is 25.3 Å². The number of carbonyl (C=O) groups excluding carboxylic acids is 1. The van der Waals surface area contributed by atoms with Crippen molar-refractivity contribution in [2.75, 3.05) is 23.3 Å². The molecule has 2 unspecified atom stereocenters. The summed E-state index contributed by atoms with van der Waals surface area (Å²) in [5.74, 6) is -2.00. The number of amides is 1. The molecule has 2 bridgehead atoms. The molecule has 5 rings (SSSR count). The molecule has 154 valence electrons. The van der Waals surface area contributed by atoms with Gasteiger partial charge in [-0.2, -0.15) is 10.1 Å². The van der Waals surface area contributed by atoms with Gasteiger partial charge in [-0.25, -0.2) is 13.8 Å². The standard InChI is InChI=1S/C19H23F2N7O/c1-26-9-13(8-23-26)24-18-22-5-4-16(25-18)27-10-14-2-3-15(11-27)28(14)17(29)12-6-19(20,21)7-12/h4-5,8-9,12,14-15H,2-3,6-7,10-11H2,1H3,(H,22,24,25). The third kappa shape index (κ3) is 3.40. The topological polar surface area (TPSA) is 79.2 Å². The summed E-state index contributed by atoms with van der Waals surface area (Å²) >= 11 is 0. The number of piperazine rings is 1. The van der Waals surface area contributed by atoms with Crippen LogP contribution >= 0.6 is 0 Å². The zero-order valence-corrected chi connectivity index (χ0v) is 16.1. The van der Waals surface area contributed by atoms with Crippen LogP contribution in [0.25, 0.3) is 0 Å². The Morgan fingerprint density at radius 1 is 1.24 bits per heavy atom. The largest absolute Gasteiger partial charge is 0.352 e. The molecule has 2 aliphatic heterocycles. The van der Waals surface area contributed by atoms with E-state index < -0.39 is 11.8 Å². The molecule has 1 aliphatic carbocycles. The molecule has 3 aliphatic rings. The summed E-state index contributed by atoms with van der Waals surface area (Å²) in [6.07, 6.45) is 6.44. The lowest BCUT2D eigenvalue weighted by Crippen LogP contribution is -2.59. The Hall–Kier alpha value is -2.78. The van der Waals surface area contributed by atoms with E-state index in [-0.39, 0.29) is 30.8 Å². The summed E-state index contributed by atoms with van der Waals surface area (Å²) in [7, 11) is 1.84. The van der Waals surface area contributed by atoms with Crippen molar-refractivity contribution in [2.45, 2.75) is 43.7 Å². The molecule has 2 aromatic heterocycles. The van der Waals surface area contributed by atoms with Gasteiger partial charge in [-0.3, -0.25) is 9.48 Å². The highest BCUT2D eigenvalue weighted by Crippen LogP contribution is 2.45. The van der Waals surface area contributed by atoms with Gasteiger partial charge in [-0.1, -0.05) is 0 Å². The van der Waals surface area contributed by atoms with Crippen LogP contribution in [0.5, 0.6) is 0 Å². The predicted molar refractivity (Wildman–Crippen MR) is 102 cm³/mol. The third-order valence-electron chi connectivity index (χ3n) is 6.10. The summed E-state index contributed by atoms with van der Waals surface area (Å²) < 4.78 is 28.1.